The average molecular weight is 209 g/mol. The first-order chi connectivity index (χ1) is 6.50. The molecule has 1 rings (SSSR count). The fraction of sp³-hybridized carbons (Fsp3) is 0.364. The van der Waals surface area contributed by atoms with Crippen molar-refractivity contribution < 1.29 is 4.79 Å². The van der Waals surface area contributed by atoms with Gasteiger partial charge in [0.05, 0.1) is 5.25 Å². The molecule has 14 heavy (non-hydrogen) atoms. The second kappa shape index (κ2) is 4.51. The molecule has 0 aliphatic carbocycles. The van der Waals surface area contributed by atoms with Crippen LogP contribution in [0.1, 0.15) is 18.1 Å². The molecule has 0 saturated carbocycles. The molecule has 0 aromatic heterocycles. The summed E-state index contributed by atoms with van der Waals surface area (Å²) in [6.45, 7) is 5.92. The van der Waals surface area contributed by atoms with Gasteiger partial charge < -0.3 is 5.73 Å². The zero-order valence-electron chi connectivity index (χ0n) is 8.70. The molecule has 0 heterocycles. The second-order valence-corrected chi connectivity index (χ2v) is 4.81. The molecule has 1 aromatic carbocycles. The molecular formula is C11H15NOS. The average Bonchev–Trinajstić information content (AvgIpc) is 2.09. The molecule has 1 unspecified atom stereocenters. The molecule has 2 N–H and O–H groups in total. The van der Waals surface area contributed by atoms with Crippen molar-refractivity contribution in [3.63, 3.8) is 0 Å². The smallest absolute Gasteiger partial charge is 0.230 e. The van der Waals surface area contributed by atoms with Gasteiger partial charge in [-0.2, -0.15) is 0 Å². The summed E-state index contributed by atoms with van der Waals surface area (Å²) in [5.74, 6) is -0.269. The summed E-state index contributed by atoms with van der Waals surface area (Å²) >= 11 is 1.51. The largest absolute Gasteiger partial charge is 0.369 e. The second-order valence-electron chi connectivity index (χ2n) is 3.43. The highest BCUT2D eigenvalue weighted by atomic mass is 32.2. The third kappa shape index (κ3) is 2.77. The van der Waals surface area contributed by atoms with E-state index < -0.39 is 0 Å². The standard InChI is InChI=1S/C11H15NOS/c1-7-4-5-10(8(2)6-7)14-9(3)11(12)13/h4-6,9H,1-3H3,(H2,12,13). The molecule has 0 spiro atoms. The maximum absolute atomic E-state index is 10.9. The van der Waals surface area contributed by atoms with Crippen LogP contribution in [0.4, 0.5) is 0 Å². The van der Waals surface area contributed by atoms with E-state index in [9.17, 15) is 4.79 Å². The minimum absolute atomic E-state index is 0.170. The van der Waals surface area contributed by atoms with Crippen LogP contribution in [0, 0.1) is 13.8 Å². The number of carbonyl (C=O) groups is 1. The SMILES string of the molecule is Cc1ccc(SC(C)C(N)=O)c(C)c1. The first-order valence-electron chi connectivity index (χ1n) is 4.54. The van der Waals surface area contributed by atoms with E-state index in [1.807, 2.05) is 26.0 Å². The summed E-state index contributed by atoms with van der Waals surface area (Å²) in [7, 11) is 0. The van der Waals surface area contributed by atoms with E-state index in [4.69, 9.17) is 5.73 Å². The maximum atomic E-state index is 10.9. The Morgan fingerprint density at radius 3 is 2.57 bits per heavy atom. The predicted octanol–water partition coefficient (Wildman–Crippen LogP) is 2.27. The summed E-state index contributed by atoms with van der Waals surface area (Å²) in [5.41, 5.74) is 7.64. The van der Waals surface area contributed by atoms with Gasteiger partial charge in [-0.1, -0.05) is 17.7 Å². The van der Waals surface area contributed by atoms with E-state index in [0.29, 0.717) is 0 Å². The molecule has 1 amide bonds. The molecule has 1 aromatic rings. The van der Waals surface area contributed by atoms with Gasteiger partial charge in [0.25, 0.3) is 0 Å². The Morgan fingerprint density at radius 1 is 1.43 bits per heavy atom. The number of amides is 1. The van der Waals surface area contributed by atoms with Crippen LogP contribution < -0.4 is 5.73 Å². The summed E-state index contributed by atoms with van der Waals surface area (Å²) in [4.78, 5) is 12.0. The lowest BCUT2D eigenvalue weighted by Gasteiger charge is -2.09. The summed E-state index contributed by atoms with van der Waals surface area (Å²) < 4.78 is 0. The molecule has 0 bridgehead atoms. The zero-order valence-corrected chi connectivity index (χ0v) is 9.52. The number of aryl methyl sites for hydroxylation is 2. The fourth-order valence-corrected chi connectivity index (χ4v) is 2.07. The Kier molecular flexibility index (Phi) is 3.58. The van der Waals surface area contributed by atoms with E-state index in [1.165, 1.54) is 22.9 Å². The van der Waals surface area contributed by atoms with Crippen LogP contribution in [-0.4, -0.2) is 11.2 Å². The van der Waals surface area contributed by atoms with Crippen LogP contribution in [0.5, 0.6) is 0 Å². The van der Waals surface area contributed by atoms with Gasteiger partial charge in [-0.05, 0) is 32.4 Å². The third-order valence-corrected chi connectivity index (χ3v) is 3.33. The molecule has 0 aliphatic rings. The molecular weight excluding hydrogens is 194 g/mol. The van der Waals surface area contributed by atoms with Crippen LogP contribution >= 0.6 is 11.8 Å². The predicted molar refractivity (Wildman–Crippen MR) is 60.4 cm³/mol. The number of nitrogens with two attached hydrogens (primary N) is 1. The van der Waals surface area contributed by atoms with Crippen LogP contribution in [0.15, 0.2) is 23.1 Å². The molecule has 0 saturated heterocycles. The van der Waals surface area contributed by atoms with Crippen molar-refractivity contribution in [3.8, 4) is 0 Å². The minimum atomic E-state index is -0.269. The molecule has 0 radical (unpaired) electrons. The number of carbonyl (C=O) groups excluding carboxylic acids is 1. The molecule has 1 atom stereocenters. The van der Waals surface area contributed by atoms with Crippen molar-refractivity contribution in [1.82, 2.24) is 0 Å². The van der Waals surface area contributed by atoms with Crippen LogP contribution in [0.3, 0.4) is 0 Å². The van der Waals surface area contributed by atoms with Gasteiger partial charge in [-0.3, -0.25) is 4.79 Å². The third-order valence-electron chi connectivity index (χ3n) is 2.03. The molecule has 2 nitrogen and oxygen atoms in total. The quantitative estimate of drug-likeness (QED) is 0.776. The summed E-state index contributed by atoms with van der Waals surface area (Å²) in [6, 6.07) is 6.19. The van der Waals surface area contributed by atoms with Gasteiger partial charge >= 0.3 is 0 Å². The summed E-state index contributed by atoms with van der Waals surface area (Å²) in [5, 5.41) is -0.170. The topological polar surface area (TPSA) is 43.1 Å². The molecule has 3 heteroatoms. The van der Waals surface area contributed by atoms with Crippen molar-refractivity contribution in [2.24, 2.45) is 5.73 Å². The lowest BCUT2D eigenvalue weighted by atomic mass is 10.2. The maximum Gasteiger partial charge on any atom is 0.230 e. The summed E-state index contributed by atoms with van der Waals surface area (Å²) in [6.07, 6.45) is 0. The van der Waals surface area contributed by atoms with Gasteiger partial charge in [0, 0.05) is 4.90 Å². The first-order valence-corrected chi connectivity index (χ1v) is 5.42. The fourth-order valence-electron chi connectivity index (χ4n) is 1.18. The van der Waals surface area contributed by atoms with Crippen LogP contribution in [0.25, 0.3) is 0 Å². The van der Waals surface area contributed by atoms with Crippen LogP contribution in [0.2, 0.25) is 0 Å². The van der Waals surface area contributed by atoms with Gasteiger partial charge in [-0.15, -0.1) is 11.8 Å². The Morgan fingerprint density at radius 2 is 2.07 bits per heavy atom. The highest BCUT2D eigenvalue weighted by molar-refractivity contribution is 8.00. The Hall–Kier alpha value is -0.960. The molecule has 0 aliphatic heterocycles. The number of primary amides is 1. The normalized spacial score (nSPS) is 12.5. The Bertz CT molecular complexity index is 349. The highest BCUT2D eigenvalue weighted by Gasteiger charge is 2.11. The van der Waals surface area contributed by atoms with Crippen LogP contribution in [-0.2, 0) is 4.79 Å². The first kappa shape index (κ1) is 11.1. The van der Waals surface area contributed by atoms with E-state index in [-0.39, 0.29) is 11.2 Å². The van der Waals surface area contributed by atoms with Gasteiger partial charge in [-0.25, -0.2) is 0 Å². The number of benzene rings is 1. The highest BCUT2D eigenvalue weighted by Crippen LogP contribution is 2.26. The number of rotatable bonds is 3. The van der Waals surface area contributed by atoms with Crippen molar-refractivity contribution in [3.05, 3.63) is 29.3 Å². The van der Waals surface area contributed by atoms with E-state index in [1.54, 1.807) is 0 Å². The van der Waals surface area contributed by atoms with E-state index >= 15 is 0 Å². The van der Waals surface area contributed by atoms with Crippen molar-refractivity contribution >= 4 is 17.7 Å². The monoisotopic (exact) mass is 209 g/mol. The van der Waals surface area contributed by atoms with E-state index in [2.05, 4.69) is 13.0 Å². The van der Waals surface area contributed by atoms with Crippen molar-refractivity contribution in [2.75, 3.05) is 0 Å². The minimum Gasteiger partial charge on any atom is -0.369 e. The zero-order chi connectivity index (χ0) is 10.7. The number of hydrogen-bond acceptors (Lipinski definition) is 2. The number of hydrogen-bond donors (Lipinski definition) is 1. The molecule has 76 valence electrons. The lowest BCUT2D eigenvalue weighted by Crippen LogP contribution is -2.22. The van der Waals surface area contributed by atoms with Crippen molar-refractivity contribution in [2.45, 2.75) is 30.9 Å². The number of thioether (sulfide) groups is 1. The molecule has 0 fully saturated rings. The van der Waals surface area contributed by atoms with Gasteiger partial charge in [0.1, 0.15) is 0 Å². The van der Waals surface area contributed by atoms with Gasteiger partial charge in [0.15, 0.2) is 0 Å². The van der Waals surface area contributed by atoms with Crippen molar-refractivity contribution in [1.29, 1.82) is 0 Å². The van der Waals surface area contributed by atoms with E-state index in [0.717, 1.165) is 4.90 Å². The Labute approximate surface area is 88.9 Å². The lowest BCUT2D eigenvalue weighted by molar-refractivity contribution is -0.117. The Balaban J connectivity index is 2.82. The van der Waals surface area contributed by atoms with Gasteiger partial charge in [0.2, 0.25) is 5.91 Å².